The van der Waals surface area contributed by atoms with Crippen LogP contribution < -0.4 is 0 Å². The first-order valence-electron chi connectivity index (χ1n) is 7.71. The number of hydrogen-bond acceptors (Lipinski definition) is 3. The monoisotopic (exact) mass is 320 g/mol. The van der Waals surface area contributed by atoms with Gasteiger partial charge < -0.3 is 9.64 Å². The number of fused-ring (bicyclic) bond motifs is 1. The Hall–Kier alpha value is -1.08. The second-order valence-electron chi connectivity index (χ2n) is 6.01. The molecule has 0 aromatic carbocycles. The van der Waals surface area contributed by atoms with Crippen molar-refractivity contribution in [3.63, 3.8) is 0 Å². The molecule has 1 aliphatic heterocycles. The van der Waals surface area contributed by atoms with E-state index in [0.29, 0.717) is 13.2 Å². The molecule has 4 nitrogen and oxygen atoms in total. The standard InChI is InChI=1S/C15H23F3N2O2/c1-19(11-15(16,17)18)8-4-7-14(21)20-9-10-22-13-6-3-2-5-12(13)20/h4,7,12-13H,2-3,5-6,8-11H2,1H3/b7-4+. The van der Waals surface area contributed by atoms with Crippen molar-refractivity contribution in [3.8, 4) is 0 Å². The van der Waals surface area contributed by atoms with Crippen LogP contribution in [0.2, 0.25) is 0 Å². The van der Waals surface area contributed by atoms with E-state index < -0.39 is 12.7 Å². The Morgan fingerprint density at radius 1 is 1.36 bits per heavy atom. The maximum Gasteiger partial charge on any atom is 0.401 e. The predicted octanol–water partition coefficient (Wildman–Crippen LogP) is 2.21. The minimum absolute atomic E-state index is 0.101. The van der Waals surface area contributed by atoms with E-state index in [-0.39, 0.29) is 24.6 Å². The van der Waals surface area contributed by atoms with Gasteiger partial charge >= 0.3 is 6.18 Å². The molecule has 1 saturated heterocycles. The van der Waals surface area contributed by atoms with Gasteiger partial charge in [0.1, 0.15) is 0 Å². The van der Waals surface area contributed by atoms with E-state index in [1.54, 1.807) is 0 Å². The van der Waals surface area contributed by atoms with Crippen molar-refractivity contribution in [2.75, 3.05) is 33.3 Å². The number of halogens is 3. The van der Waals surface area contributed by atoms with Gasteiger partial charge in [0.25, 0.3) is 0 Å². The van der Waals surface area contributed by atoms with E-state index in [1.165, 1.54) is 19.2 Å². The van der Waals surface area contributed by atoms with Gasteiger partial charge in [-0.05, 0) is 19.9 Å². The Morgan fingerprint density at radius 3 is 2.82 bits per heavy atom. The van der Waals surface area contributed by atoms with Crippen LogP contribution in [0.15, 0.2) is 12.2 Å². The van der Waals surface area contributed by atoms with Gasteiger partial charge in [-0.25, -0.2) is 0 Å². The number of hydrogen-bond donors (Lipinski definition) is 0. The highest BCUT2D eigenvalue weighted by atomic mass is 19.4. The van der Waals surface area contributed by atoms with Crippen LogP contribution in [-0.4, -0.2) is 67.3 Å². The van der Waals surface area contributed by atoms with Crippen LogP contribution in [0.25, 0.3) is 0 Å². The lowest BCUT2D eigenvalue weighted by Gasteiger charge is -2.43. The number of morpholine rings is 1. The summed E-state index contributed by atoms with van der Waals surface area (Å²) in [5, 5.41) is 0. The average molecular weight is 320 g/mol. The lowest BCUT2D eigenvalue weighted by molar-refractivity contribution is -0.144. The summed E-state index contributed by atoms with van der Waals surface area (Å²) in [6.07, 6.45) is 2.93. The third-order valence-corrected chi connectivity index (χ3v) is 4.14. The number of ether oxygens (including phenoxy) is 1. The first-order chi connectivity index (χ1) is 10.4. The molecule has 0 spiro atoms. The Balaban J connectivity index is 1.84. The average Bonchev–Trinajstić information content (AvgIpc) is 2.44. The van der Waals surface area contributed by atoms with Crippen LogP contribution >= 0.6 is 0 Å². The summed E-state index contributed by atoms with van der Waals surface area (Å²) >= 11 is 0. The summed E-state index contributed by atoms with van der Waals surface area (Å²) in [7, 11) is 1.38. The number of likely N-dealkylation sites (N-methyl/N-ethyl adjacent to an activating group) is 1. The van der Waals surface area contributed by atoms with Gasteiger partial charge in [0.15, 0.2) is 0 Å². The molecule has 0 radical (unpaired) electrons. The van der Waals surface area contributed by atoms with E-state index >= 15 is 0 Å². The summed E-state index contributed by atoms with van der Waals surface area (Å²) in [5.74, 6) is -0.124. The van der Waals surface area contributed by atoms with E-state index in [0.717, 1.165) is 30.6 Å². The van der Waals surface area contributed by atoms with Crippen LogP contribution in [0.3, 0.4) is 0 Å². The number of carbonyl (C=O) groups excluding carboxylic acids is 1. The van der Waals surface area contributed by atoms with E-state index in [9.17, 15) is 18.0 Å². The van der Waals surface area contributed by atoms with Crippen molar-refractivity contribution < 1.29 is 22.7 Å². The Morgan fingerprint density at radius 2 is 2.09 bits per heavy atom. The predicted molar refractivity (Wildman–Crippen MR) is 76.4 cm³/mol. The molecule has 0 aromatic heterocycles. The maximum absolute atomic E-state index is 12.3. The molecule has 1 amide bonds. The molecule has 7 heteroatoms. The molecule has 1 heterocycles. The van der Waals surface area contributed by atoms with Crippen molar-refractivity contribution in [2.45, 2.75) is 44.0 Å². The molecule has 126 valence electrons. The molecule has 1 aliphatic carbocycles. The molecule has 2 rings (SSSR count). The molecular weight excluding hydrogens is 297 g/mol. The highest BCUT2D eigenvalue weighted by Gasteiger charge is 2.35. The van der Waals surface area contributed by atoms with Gasteiger partial charge in [-0.3, -0.25) is 9.69 Å². The number of nitrogens with zero attached hydrogens (tertiary/aromatic N) is 2. The number of amides is 1. The second kappa shape index (κ2) is 7.46. The van der Waals surface area contributed by atoms with Gasteiger partial charge in [0, 0.05) is 19.2 Å². The zero-order valence-corrected chi connectivity index (χ0v) is 12.8. The minimum Gasteiger partial charge on any atom is -0.374 e. The summed E-state index contributed by atoms with van der Waals surface area (Å²) in [6, 6.07) is 0.118. The first-order valence-corrected chi connectivity index (χ1v) is 7.71. The third-order valence-electron chi connectivity index (χ3n) is 4.14. The summed E-state index contributed by atoms with van der Waals surface area (Å²) in [6.45, 7) is 0.217. The minimum atomic E-state index is -4.22. The summed E-state index contributed by atoms with van der Waals surface area (Å²) < 4.78 is 42.3. The molecule has 2 aliphatic rings. The van der Waals surface area contributed by atoms with E-state index in [1.807, 2.05) is 4.90 Å². The molecule has 2 unspecified atom stereocenters. The smallest absolute Gasteiger partial charge is 0.374 e. The fourth-order valence-corrected chi connectivity index (χ4v) is 3.17. The van der Waals surface area contributed by atoms with Gasteiger partial charge in [-0.2, -0.15) is 13.2 Å². The zero-order chi connectivity index (χ0) is 16.2. The van der Waals surface area contributed by atoms with Crippen molar-refractivity contribution >= 4 is 5.91 Å². The molecule has 0 N–H and O–H groups in total. The van der Waals surface area contributed by atoms with Crippen molar-refractivity contribution in [2.24, 2.45) is 0 Å². The lowest BCUT2D eigenvalue weighted by Crippen LogP contribution is -2.54. The quantitative estimate of drug-likeness (QED) is 0.745. The van der Waals surface area contributed by atoms with Gasteiger partial charge in [-0.1, -0.05) is 18.9 Å². The Bertz CT molecular complexity index is 410. The van der Waals surface area contributed by atoms with Crippen LogP contribution in [0.1, 0.15) is 25.7 Å². The molecule has 1 saturated carbocycles. The van der Waals surface area contributed by atoms with Crippen LogP contribution in [0, 0.1) is 0 Å². The lowest BCUT2D eigenvalue weighted by atomic mass is 9.90. The molecule has 2 fully saturated rings. The second-order valence-corrected chi connectivity index (χ2v) is 6.01. The van der Waals surface area contributed by atoms with Crippen LogP contribution in [0.5, 0.6) is 0 Å². The molecular formula is C15H23F3N2O2. The van der Waals surface area contributed by atoms with Gasteiger partial charge in [0.05, 0.1) is 25.3 Å². The molecule has 0 bridgehead atoms. The van der Waals surface area contributed by atoms with Gasteiger partial charge in [0.2, 0.25) is 5.91 Å². The topological polar surface area (TPSA) is 32.8 Å². The fraction of sp³-hybridized carbons (Fsp3) is 0.800. The normalized spacial score (nSPS) is 26.5. The van der Waals surface area contributed by atoms with Crippen molar-refractivity contribution in [1.82, 2.24) is 9.80 Å². The third kappa shape index (κ3) is 4.98. The summed E-state index contributed by atoms with van der Waals surface area (Å²) in [5.41, 5.74) is 0. The Labute approximate surface area is 128 Å². The van der Waals surface area contributed by atoms with Gasteiger partial charge in [-0.15, -0.1) is 0 Å². The zero-order valence-electron chi connectivity index (χ0n) is 12.8. The van der Waals surface area contributed by atoms with Crippen LogP contribution in [0.4, 0.5) is 13.2 Å². The maximum atomic E-state index is 12.3. The molecule has 22 heavy (non-hydrogen) atoms. The van der Waals surface area contributed by atoms with Crippen molar-refractivity contribution in [1.29, 1.82) is 0 Å². The highest BCUT2D eigenvalue weighted by molar-refractivity contribution is 5.88. The highest BCUT2D eigenvalue weighted by Crippen LogP contribution is 2.28. The fourth-order valence-electron chi connectivity index (χ4n) is 3.17. The van der Waals surface area contributed by atoms with E-state index in [4.69, 9.17) is 4.74 Å². The number of carbonyl (C=O) groups is 1. The van der Waals surface area contributed by atoms with Crippen LogP contribution in [-0.2, 0) is 9.53 Å². The van der Waals surface area contributed by atoms with E-state index in [2.05, 4.69) is 0 Å². The van der Waals surface area contributed by atoms with Crippen molar-refractivity contribution in [3.05, 3.63) is 12.2 Å². The SMILES string of the molecule is CN(C/C=C/C(=O)N1CCOC2CCCCC21)CC(F)(F)F. The molecule has 0 aromatic rings. The number of rotatable bonds is 4. The first kappa shape index (κ1) is 17.3. The largest absolute Gasteiger partial charge is 0.401 e. The number of alkyl halides is 3. The summed E-state index contributed by atoms with van der Waals surface area (Å²) in [4.78, 5) is 15.2. The Kier molecular flexibility index (Phi) is 5.86. The molecule has 2 atom stereocenters.